The smallest absolute Gasteiger partial charge is 0.247 e. The minimum absolute atomic E-state index is 0.0283. The first-order valence-electron chi connectivity index (χ1n) is 9.39. The number of sulfone groups is 1. The van der Waals surface area contributed by atoms with Crippen LogP contribution in [0, 0.1) is 0 Å². The van der Waals surface area contributed by atoms with E-state index in [1.807, 2.05) is 36.4 Å². The Kier molecular flexibility index (Phi) is 6.57. The third kappa shape index (κ3) is 5.46. The average molecular weight is 418 g/mol. The molecule has 0 saturated carbocycles. The summed E-state index contributed by atoms with van der Waals surface area (Å²) >= 11 is 5.89. The number of amides is 1. The second-order valence-electron chi connectivity index (χ2n) is 7.08. The van der Waals surface area contributed by atoms with Gasteiger partial charge in [-0.1, -0.05) is 54.9 Å². The molecule has 1 saturated heterocycles. The van der Waals surface area contributed by atoms with Crippen LogP contribution >= 0.6 is 11.6 Å². The molecule has 1 aliphatic rings. The van der Waals surface area contributed by atoms with E-state index >= 15 is 0 Å². The Morgan fingerprint density at radius 3 is 2.32 bits per heavy atom. The molecule has 2 aromatic carbocycles. The monoisotopic (exact) mass is 417 g/mol. The van der Waals surface area contributed by atoms with Crippen molar-refractivity contribution >= 4 is 33.4 Å². The van der Waals surface area contributed by atoms with Gasteiger partial charge in [-0.15, -0.1) is 0 Å². The zero-order chi connectivity index (χ0) is 20.1. The number of carbonyl (C=O) groups is 1. The largest absolute Gasteiger partial charge is 0.331 e. The first-order chi connectivity index (χ1) is 13.4. The third-order valence-electron chi connectivity index (χ3n) is 5.00. The number of halogens is 1. The fourth-order valence-corrected chi connectivity index (χ4v) is 5.18. The van der Waals surface area contributed by atoms with Crippen LogP contribution in [0.2, 0.25) is 5.02 Å². The van der Waals surface area contributed by atoms with E-state index in [4.69, 9.17) is 11.6 Å². The van der Waals surface area contributed by atoms with Gasteiger partial charge < -0.3 is 4.90 Å². The molecule has 0 aromatic heterocycles. The lowest BCUT2D eigenvalue weighted by molar-refractivity contribution is -0.128. The van der Waals surface area contributed by atoms with Gasteiger partial charge >= 0.3 is 0 Å². The second kappa shape index (κ2) is 8.93. The van der Waals surface area contributed by atoms with Crippen molar-refractivity contribution in [2.75, 3.05) is 11.5 Å². The van der Waals surface area contributed by atoms with Gasteiger partial charge in [-0.25, -0.2) is 8.42 Å². The van der Waals surface area contributed by atoms with E-state index in [0.717, 1.165) is 17.5 Å². The van der Waals surface area contributed by atoms with Crippen LogP contribution in [-0.2, 0) is 27.6 Å². The van der Waals surface area contributed by atoms with Gasteiger partial charge in [-0.3, -0.25) is 4.79 Å². The summed E-state index contributed by atoms with van der Waals surface area (Å²) in [5, 5.41) is 0.636. The van der Waals surface area contributed by atoms with Crippen LogP contribution in [0.4, 0.5) is 0 Å². The van der Waals surface area contributed by atoms with Gasteiger partial charge in [-0.2, -0.15) is 0 Å². The highest BCUT2D eigenvalue weighted by Gasteiger charge is 2.34. The summed E-state index contributed by atoms with van der Waals surface area (Å²) in [4.78, 5) is 14.6. The molecule has 0 radical (unpaired) electrons. The first-order valence-corrected chi connectivity index (χ1v) is 11.6. The number of nitrogens with zero attached hydrogens (tertiary/aromatic N) is 1. The standard InChI is InChI=1S/C22H24ClNO3S/c1-2-17-3-5-19(6-4-17)15-24(21-13-14-28(26,27)16-21)22(25)12-9-18-7-10-20(23)11-8-18/h3-12,21H,2,13-16H2,1H3/b12-9+/t21-/m1/s1. The molecule has 1 amide bonds. The molecule has 0 N–H and O–H groups in total. The summed E-state index contributed by atoms with van der Waals surface area (Å²) in [7, 11) is -3.08. The second-order valence-corrected chi connectivity index (χ2v) is 9.74. The lowest BCUT2D eigenvalue weighted by atomic mass is 10.1. The highest BCUT2D eigenvalue weighted by atomic mass is 35.5. The van der Waals surface area contributed by atoms with Crippen molar-refractivity contribution in [2.45, 2.75) is 32.4 Å². The van der Waals surface area contributed by atoms with Gasteiger partial charge in [0.15, 0.2) is 9.84 Å². The summed E-state index contributed by atoms with van der Waals surface area (Å²) in [5.41, 5.74) is 3.09. The predicted molar refractivity (Wildman–Crippen MR) is 114 cm³/mol. The van der Waals surface area contributed by atoms with Crippen LogP contribution in [0.25, 0.3) is 6.08 Å². The molecule has 1 heterocycles. The minimum atomic E-state index is -3.08. The van der Waals surface area contributed by atoms with Crippen LogP contribution in [0.15, 0.2) is 54.6 Å². The lowest BCUT2D eigenvalue weighted by Crippen LogP contribution is -2.39. The fourth-order valence-electron chi connectivity index (χ4n) is 3.32. The maximum absolute atomic E-state index is 12.9. The quantitative estimate of drug-likeness (QED) is 0.664. The maximum Gasteiger partial charge on any atom is 0.247 e. The van der Waals surface area contributed by atoms with Gasteiger partial charge in [0.05, 0.1) is 11.5 Å². The van der Waals surface area contributed by atoms with Crippen LogP contribution < -0.4 is 0 Å². The van der Waals surface area contributed by atoms with Crippen molar-refractivity contribution in [3.8, 4) is 0 Å². The highest BCUT2D eigenvalue weighted by molar-refractivity contribution is 7.91. The van der Waals surface area contributed by atoms with Crippen molar-refractivity contribution in [1.29, 1.82) is 0 Å². The zero-order valence-corrected chi connectivity index (χ0v) is 17.4. The Hall–Kier alpha value is -2.11. The first kappa shape index (κ1) is 20.6. The van der Waals surface area contributed by atoms with Crippen LogP contribution in [0.3, 0.4) is 0 Å². The van der Waals surface area contributed by atoms with Crippen molar-refractivity contribution < 1.29 is 13.2 Å². The molecular formula is C22H24ClNO3S. The lowest BCUT2D eigenvalue weighted by Gasteiger charge is -2.27. The van der Waals surface area contributed by atoms with E-state index in [0.29, 0.717) is 18.0 Å². The van der Waals surface area contributed by atoms with Crippen molar-refractivity contribution in [3.05, 3.63) is 76.3 Å². The van der Waals surface area contributed by atoms with Gasteiger partial charge in [0.25, 0.3) is 0 Å². The molecule has 148 valence electrons. The Balaban J connectivity index is 1.80. The zero-order valence-electron chi connectivity index (χ0n) is 15.8. The number of rotatable bonds is 6. The summed E-state index contributed by atoms with van der Waals surface area (Å²) in [6, 6.07) is 15.0. The highest BCUT2D eigenvalue weighted by Crippen LogP contribution is 2.21. The minimum Gasteiger partial charge on any atom is -0.331 e. The number of carbonyl (C=O) groups excluding carboxylic acids is 1. The SMILES string of the molecule is CCc1ccc(CN(C(=O)/C=C/c2ccc(Cl)cc2)[C@@H]2CCS(=O)(=O)C2)cc1. The summed E-state index contributed by atoms with van der Waals surface area (Å²) in [6.45, 7) is 2.49. The van der Waals surface area contributed by atoms with Crippen LogP contribution in [0.1, 0.15) is 30.0 Å². The van der Waals surface area contributed by atoms with Gasteiger partial charge in [0.1, 0.15) is 0 Å². The molecule has 0 spiro atoms. The topological polar surface area (TPSA) is 54.5 Å². The van der Waals surface area contributed by atoms with Crippen molar-refractivity contribution in [1.82, 2.24) is 4.90 Å². The maximum atomic E-state index is 12.9. The van der Waals surface area contributed by atoms with Crippen LogP contribution in [0.5, 0.6) is 0 Å². The number of hydrogen-bond donors (Lipinski definition) is 0. The van der Waals surface area contributed by atoms with Crippen molar-refractivity contribution in [3.63, 3.8) is 0 Å². The van der Waals surface area contributed by atoms with E-state index in [-0.39, 0.29) is 23.5 Å². The molecule has 1 aliphatic heterocycles. The summed E-state index contributed by atoms with van der Waals surface area (Å²) < 4.78 is 23.9. The number of benzene rings is 2. The predicted octanol–water partition coefficient (Wildman–Crippen LogP) is 4.13. The molecule has 1 atom stereocenters. The Bertz CT molecular complexity index is 950. The number of hydrogen-bond acceptors (Lipinski definition) is 3. The third-order valence-corrected chi connectivity index (χ3v) is 7.01. The van der Waals surface area contributed by atoms with E-state index in [1.165, 1.54) is 11.6 Å². The Morgan fingerprint density at radius 2 is 1.75 bits per heavy atom. The van der Waals surface area contributed by atoms with E-state index in [2.05, 4.69) is 6.92 Å². The molecule has 4 nitrogen and oxygen atoms in total. The van der Waals surface area contributed by atoms with Crippen molar-refractivity contribution in [2.24, 2.45) is 0 Å². The molecule has 3 rings (SSSR count). The molecule has 6 heteroatoms. The van der Waals surface area contributed by atoms with Gasteiger partial charge in [0, 0.05) is 23.7 Å². The Labute approximate surface area is 171 Å². The normalized spacial score (nSPS) is 18.4. The fraction of sp³-hybridized carbons (Fsp3) is 0.318. The number of aryl methyl sites for hydroxylation is 1. The average Bonchev–Trinajstić information content (AvgIpc) is 3.05. The molecular weight excluding hydrogens is 394 g/mol. The molecule has 2 aromatic rings. The van der Waals surface area contributed by atoms with E-state index in [9.17, 15) is 13.2 Å². The molecule has 28 heavy (non-hydrogen) atoms. The molecule has 0 unspecified atom stereocenters. The Morgan fingerprint density at radius 1 is 1.11 bits per heavy atom. The van der Waals surface area contributed by atoms with E-state index < -0.39 is 9.84 Å². The molecule has 0 bridgehead atoms. The van der Waals surface area contributed by atoms with Crippen LogP contribution in [-0.4, -0.2) is 36.8 Å². The molecule has 1 fully saturated rings. The van der Waals surface area contributed by atoms with Gasteiger partial charge in [0.2, 0.25) is 5.91 Å². The summed E-state index contributed by atoms with van der Waals surface area (Å²) in [5.74, 6) is -0.0193. The molecule has 0 aliphatic carbocycles. The van der Waals surface area contributed by atoms with Gasteiger partial charge in [-0.05, 0) is 47.7 Å². The summed E-state index contributed by atoms with van der Waals surface area (Å²) in [6.07, 6.45) is 4.67. The van der Waals surface area contributed by atoms with E-state index in [1.54, 1.807) is 23.1 Å².